The van der Waals surface area contributed by atoms with Crippen molar-refractivity contribution in [3.63, 3.8) is 0 Å². The maximum absolute atomic E-state index is 13.3. The second-order valence-electron chi connectivity index (χ2n) is 5.50. The zero-order chi connectivity index (χ0) is 15.5. The minimum Gasteiger partial charge on any atom is -0.329 e. The van der Waals surface area contributed by atoms with Gasteiger partial charge in [0.15, 0.2) is 0 Å². The lowest BCUT2D eigenvalue weighted by Gasteiger charge is -2.44. The van der Waals surface area contributed by atoms with Crippen molar-refractivity contribution in [2.24, 2.45) is 5.73 Å². The van der Waals surface area contributed by atoms with E-state index in [0.29, 0.717) is 6.54 Å². The highest BCUT2D eigenvalue weighted by molar-refractivity contribution is 7.89. The average molecular weight is 315 g/mol. The minimum absolute atomic E-state index is 0.109. The molecule has 0 unspecified atom stereocenters. The van der Waals surface area contributed by atoms with Crippen LogP contribution < -0.4 is 5.73 Å². The predicted molar refractivity (Wildman–Crippen MR) is 78.6 cm³/mol. The highest BCUT2D eigenvalue weighted by Gasteiger charge is 2.43. The number of sulfonamides is 1. The van der Waals surface area contributed by atoms with Gasteiger partial charge in [0.1, 0.15) is 10.7 Å². The number of halogens is 1. The van der Waals surface area contributed by atoms with E-state index < -0.39 is 21.4 Å². The van der Waals surface area contributed by atoms with Crippen LogP contribution in [0.5, 0.6) is 0 Å². The summed E-state index contributed by atoms with van der Waals surface area (Å²) in [6.07, 6.45) is 6.71. The lowest BCUT2D eigenvalue weighted by Crippen LogP contribution is -2.57. The van der Waals surface area contributed by atoms with Crippen molar-refractivity contribution in [3.05, 3.63) is 24.3 Å². The third-order valence-electron chi connectivity index (χ3n) is 4.25. The Bertz CT molecular complexity index is 586. The Morgan fingerprint density at radius 2 is 2.00 bits per heavy atom. The monoisotopic (exact) mass is 315 g/mol. The second kappa shape index (κ2) is 6.37. The summed E-state index contributed by atoms with van der Waals surface area (Å²) < 4.78 is 40.4. The van der Waals surface area contributed by atoms with Crippen LogP contribution in [-0.4, -0.2) is 36.3 Å². The van der Waals surface area contributed by atoms with E-state index >= 15 is 0 Å². The molecule has 0 spiro atoms. The summed E-state index contributed by atoms with van der Waals surface area (Å²) in [6.45, 7) is 2.38. The number of rotatable bonds is 5. The minimum atomic E-state index is -3.79. The van der Waals surface area contributed by atoms with Crippen molar-refractivity contribution < 1.29 is 12.8 Å². The molecule has 1 aliphatic carbocycles. The van der Waals surface area contributed by atoms with Gasteiger partial charge in [-0.25, -0.2) is 12.8 Å². The molecule has 0 radical (unpaired) electrons. The molecule has 0 saturated heterocycles. The SMILES string of the molecule is CCN(C1(CN)CCCCC1)S(=O)(=O)c1cncc(F)c1. The first-order chi connectivity index (χ1) is 9.96. The molecule has 7 heteroatoms. The topological polar surface area (TPSA) is 76.3 Å². The molecule has 1 aromatic heterocycles. The van der Waals surface area contributed by atoms with Gasteiger partial charge >= 0.3 is 0 Å². The summed E-state index contributed by atoms with van der Waals surface area (Å²) >= 11 is 0. The van der Waals surface area contributed by atoms with Crippen LogP contribution in [0, 0.1) is 5.82 Å². The molecule has 1 fully saturated rings. The molecule has 1 aromatic rings. The van der Waals surface area contributed by atoms with Gasteiger partial charge in [-0.2, -0.15) is 4.31 Å². The maximum atomic E-state index is 13.3. The molecule has 0 aromatic carbocycles. The van der Waals surface area contributed by atoms with Gasteiger partial charge in [-0.1, -0.05) is 26.2 Å². The van der Waals surface area contributed by atoms with Crippen LogP contribution in [0.25, 0.3) is 0 Å². The fourth-order valence-electron chi connectivity index (χ4n) is 3.19. The molecule has 118 valence electrons. The molecule has 21 heavy (non-hydrogen) atoms. The van der Waals surface area contributed by atoms with E-state index in [1.165, 1.54) is 10.5 Å². The molecule has 0 aliphatic heterocycles. The molecule has 1 saturated carbocycles. The molecule has 1 aliphatic rings. The van der Waals surface area contributed by atoms with E-state index in [4.69, 9.17) is 5.73 Å². The van der Waals surface area contributed by atoms with E-state index in [-0.39, 0.29) is 11.4 Å². The summed E-state index contributed by atoms with van der Waals surface area (Å²) in [6, 6.07) is 1.01. The Hall–Kier alpha value is -1.05. The Morgan fingerprint density at radius 1 is 1.33 bits per heavy atom. The molecule has 2 rings (SSSR count). The van der Waals surface area contributed by atoms with Crippen LogP contribution in [0.2, 0.25) is 0 Å². The number of hydrogen-bond donors (Lipinski definition) is 1. The predicted octanol–water partition coefficient (Wildman–Crippen LogP) is 1.89. The van der Waals surface area contributed by atoms with Crippen LogP contribution in [-0.2, 0) is 10.0 Å². The van der Waals surface area contributed by atoms with Crippen molar-refractivity contribution >= 4 is 10.0 Å². The third kappa shape index (κ3) is 3.09. The van der Waals surface area contributed by atoms with Crippen molar-refractivity contribution in [3.8, 4) is 0 Å². The first kappa shape index (κ1) is 16.3. The smallest absolute Gasteiger partial charge is 0.245 e. The van der Waals surface area contributed by atoms with Gasteiger partial charge < -0.3 is 5.73 Å². The molecule has 5 nitrogen and oxygen atoms in total. The number of pyridine rings is 1. The van der Waals surface area contributed by atoms with Gasteiger partial charge in [-0.05, 0) is 18.9 Å². The van der Waals surface area contributed by atoms with E-state index in [0.717, 1.165) is 44.4 Å². The highest BCUT2D eigenvalue weighted by atomic mass is 32.2. The normalized spacial score (nSPS) is 18.9. The summed E-state index contributed by atoms with van der Waals surface area (Å²) in [5.74, 6) is -0.655. The van der Waals surface area contributed by atoms with Crippen LogP contribution in [0.3, 0.4) is 0 Å². The van der Waals surface area contributed by atoms with Crippen LogP contribution >= 0.6 is 0 Å². The summed E-state index contributed by atoms with van der Waals surface area (Å²) in [4.78, 5) is 3.54. The number of nitrogens with zero attached hydrogens (tertiary/aromatic N) is 2. The quantitative estimate of drug-likeness (QED) is 0.900. The largest absolute Gasteiger partial charge is 0.329 e. The van der Waals surface area contributed by atoms with Gasteiger partial charge in [-0.3, -0.25) is 4.98 Å². The second-order valence-corrected chi connectivity index (χ2v) is 7.36. The molecule has 2 N–H and O–H groups in total. The summed E-state index contributed by atoms with van der Waals surface area (Å²) in [5.41, 5.74) is 5.37. The van der Waals surface area contributed by atoms with E-state index in [9.17, 15) is 12.8 Å². The lowest BCUT2D eigenvalue weighted by molar-refractivity contribution is 0.141. The Balaban J connectivity index is 2.43. The van der Waals surface area contributed by atoms with Crippen molar-refractivity contribution in [1.29, 1.82) is 0 Å². The molecule has 0 atom stereocenters. The van der Waals surface area contributed by atoms with Gasteiger partial charge in [-0.15, -0.1) is 0 Å². The van der Waals surface area contributed by atoms with Gasteiger partial charge in [0.2, 0.25) is 10.0 Å². The fraction of sp³-hybridized carbons (Fsp3) is 0.643. The maximum Gasteiger partial charge on any atom is 0.245 e. The molecule has 1 heterocycles. The van der Waals surface area contributed by atoms with E-state index in [1.54, 1.807) is 6.92 Å². The van der Waals surface area contributed by atoms with Crippen molar-refractivity contribution in [2.75, 3.05) is 13.1 Å². The molecular formula is C14H22FN3O2S. The van der Waals surface area contributed by atoms with Crippen molar-refractivity contribution in [1.82, 2.24) is 9.29 Å². The average Bonchev–Trinajstić information content (AvgIpc) is 2.48. The van der Waals surface area contributed by atoms with Crippen LogP contribution in [0.1, 0.15) is 39.0 Å². The Morgan fingerprint density at radius 3 is 2.52 bits per heavy atom. The van der Waals surface area contributed by atoms with Gasteiger partial charge in [0.05, 0.1) is 6.20 Å². The zero-order valence-corrected chi connectivity index (χ0v) is 13.1. The summed E-state index contributed by atoms with van der Waals surface area (Å²) in [7, 11) is -3.79. The van der Waals surface area contributed by atoms with Gasteiger partial charge in [0, 0.05) is 24.8 Å². The third-order valence-corrected chi connectivity index (χ3v) is 6.29. The standard InChI is InChI=1S/C14H22FN3O2S/c1-2-18(14(11-16)6-4-3-5-7-14)21(19,20)13-8-12(15)9-17-10-13/h8-10H,2-7,11,16H2,1H3. The lowest BCUT2D eigenvalue weighted by atomic mass is 9.81. The number of likely N-dealkylation sites (N-methyl/N-ethyl adjacent to an activating group) is 1. The first-order valence-corrected chi connectivity index (χ1v) is 8.74. The van der Waals surface area contributed by atoms with E-state index in [1.807, 2.05) is 0 Å². The first-order valence-electron chi connectivity index (χ1n) is 7.30. The number of hydrogen-bond acceptors (Lipinski definition) is 4. The fourth-order valence-corrected chi connectivity index (χ4v) is 5.00. The molecule has 0 bridgehead atoms. The van der Waals surface area contributed by atoms with Crippen LogP contribution in [0.4, 0.5) is 4.39 Å². The van der Waals surface area contributed by atoms with E-state index in [2.05, 4.69) is 4.98 Å². The Kier molecular flexibility index (Phi) is 4.95. The summed E-state index contributed by atoms with van der Waals surface area (Å²) in [5, 5.41) is 0. The molecule has 0 amide bonds. The molecular weight excluding hydrogens is 293 g/mol. The van der Waals surface area contributed by atoms with Crippen molar-refractivity contribution in [2.45, 2.75) is 49.5 Å². The number of nitrogens with two attached hydrogens (primary N) is 1. The number of aromatic nitrogens is 1. The zero-order valence-electron chi connectivity index (χ0n) is 12.3. The Labute approximate surface area is 125 Å². The highest BCUT2D eigenvalue weighted by Crippen LogP contribution is 2.36. The van der Waals surface area contributed by atoms with Gasteiger partial charge in [0.25, 0.3) is 0 Å². The van der Waals surface area contributed by atoms with Crippen LogP contribution in [0.15, 0.2) is 23.4 Å².